The van der Waals surface area contributed by atoms with Crippen LogP contribution in [0.25, 0.3) is 0 Å². The monoisotopic (exact) mass is 915 g/mol. The Hall–Kier alpha value is -7.08. The number of cyclic esters (lactones) is 1. The number of fused-ring (bicyclic) bond motifs is 3. The van der Waals surface area contributed by atoms with Crippen LogP contribution in [0.15, 0.2) is 145 Å². The molecule has 2 saturated heterocycles. The molecule has 348 valence electrons. The molecule has 7 atom stereocenters. The molecule has 2 fully saturated rings. The van der Waals surface area contributed by atoms with Gasteiger partial charge in [0.25, 0.3) is 0 Å². The highest BCUT2D eigenvalue weighted by Crippen LogP contribution is 2.66. The summed E-state index contributed by atoms with van der Waals surface area (Å²) in [6, 6.07) is 36.3. The van der Waals surface area contributed by atoms with E-state index in [9.17, 15) is 15.0 Å². The molecular weight excluding hydrogens is 863 g/mol. The molecule has 68 heavy (non-hydrogen) atoms. The van der Waals surface area contributed by atoms with Crippen molar-refractivity contribution in [3.63, 3.8) is 0 Å². The number of rotatable bonds is 13. The second kappa shape index (κ2) is 20.4. The SMILES string of the molecule is COCCOC(=O)N1C(=O)[C@@]2(c3cc(C#CC4=CCCCC4)ccc31)[C@H](C(=O)NC[C@H](O)c1ccccc1)[C@H]1C(=O)O[C@H](c3ccccc3)[C@H](c3ccccc3)N1[C@@H]2c1cccc(OCCO)c1. The van der Waals surface area contributed by atoms with Crippen molar-refractivity contribution in [3.8, 4) is 17.6 Å². The smallest absolute Gasteiger partial charge is 0.421 e. The van der Waals surface area contributed by atoms with E-state index in [1.165, 1.54) is 7.11 Å². The maximum atomic E-state index is 16.4. The molecule has 0 unspecified atom stereocenters. The molecule has 1 aliphatic carbocycles. The second-order valence-corrected chi connectivity index (χ2v) is 17.3. The van der Waals surface area contributed by atoms with Gasteiger partial charge in [0.1, 0.15) is 36.5 Å². The first-order chi connectivity index (χ1) is 33.3. The van der Waals surface area contributed by atoms with Gasteiger partial charge in [-0.3, -0.25) is 19.3 Å². The van der Waals surface area contributed by atoms with Crippen molar-refractivity contribution in [2.75, 3.05) is 45.0 Å². The number of imide groups is 1. The van der Waals surface area contributed by atoms with Crippen molar-refractivity contribution in [2.45, 2.75) is 61.4 Å². The Kier molecular flexibility index (Phi) is 13.8. The van der Waals surface area contributed by atoms with Crippen LogP contribution >= 0.6 is 0 Å². The van der Waals surface area contributed by atoms with E-state index in [0.29, 0.717) is 28.0 Å². The number of nitrogens with one attached hydrogen (secondary N) is 1. The van der Waals surface area contributed by atoms with Gasteiger partial charge in [-0.1, -0.05) is 121 Å². The molecule has 3 amide bonds. The van der Waals surface area contributed by atoms with E-state index in [0.717, 1.165) is 41.7 Å². The molecule has 13 heteroatoms. The zero-order valence-electron chi connectivity index (χ0n) is 37.7. The van der Waals surface area contributed by atoms with Crippen LogP contribution in [0.5, 0.6) is 5.75 Å². The minimum atomic E-state index is -2.09. The minimum absolute atomic E-state index is 0.0310. The first kappa shape index (κ1) is 46.0. The van der Waals surface area contributed by atoms with E-state index < -0.39 is 65.5 Å². The van der Waals surface area contributed by atoms with Crippen LogP contribution < -0.4 is 15.0 Å². The maximum Gasteiger partial charge on any atom is 0.421 e. The van der Waals surface area contributed by atoms with Crippen LogP contribution in [0.2, 0.25) is 0 Å². The third-order valence-corrected chi connectivity index (χ3v) is 13.3. The Morgan fingerprint density at radius 2 is 1.54 bits per heavy atom. The molecule has 5 aromatic carbocycles. The molecule has 13 nitrogen and oxygen atoms in total. The van der Waals surface area contributed by atoms with Crippen molar-refractivity contribution in [3.05, 3.63) is 178 Å². The van der Waals surface area contributed by atoms with E-state index in [-0.39, 0.29) is 44.2 Å². The zero-order valence-corrected chi connectivity index (χ0v) is 37.7. The number of ether oxygens (including phenoxy) is 4. The number of methoxy groups -OCH3 is 1. The fraction of sp³-hybridized carbons (Fsp3) is 0.309. The number of nitrogens with zero attached hydrogens (tertiary/aromatic N) is 2. The van der Waals surface area contributed by atoms with Crippen molar-refractivity contribution >= 4 is 29.6 Å². The number of anilines is 1. The summed E-state index contributed by atoms with van der Waals surface area (Å²) in [4.78, 5) is 64.9. The highest BCUT2D eigenvalue weighted by molar-refractivity contribution is 6.23. The van der Waals surface area contributed by atoms with E-state index in [1.807, 2.05) is 71.6 Å². The van der Waals surface area contributed by atoms with Crippen LogP contribution in [0, 0.1) is 17.8 Å². The Labute approximate surface area is 395 Å². The molecule has 9 rings (SSSR count). The lowest BCUT2D eigenvalue weighted by Crippen LogP contribution is -2.56. The highest BCUT2D eigenvalue weighted by Gasteiger charge is 2.75. The van der Waals surface area contributed by atoms with Gasteiger partial charge in [-0.15, -0.1) is 0 Å². The highest BCUT2D eigenvalue weighted by atomic mass is 16.6. The fourth-order valence-corrected chi connectivity index (χ4v) is 10.4. The van der Waals surface area contributed by atoms with Gasteiger partial charge < -0.3 is 34.5 Å². The molecule has 3 heterocycles. The number of esters is 1. The summed E-state index contributed by atoms with van der Waals surface area (Å²) in [5.41, 5.74) is 2.29. The number of aliphatic hydroxyl groups excluding tert-OH is 2. The number of aliphatic hydroxyl groups is 2. The van der Waals surface area contributed by atoms with E-state index in [1.54, 1.807) is 66.7 Å². The quantitative estimate of drug-likeness (QED) is 0.0622. The van der Waals surface area contributed by atoms with E-state index in [2.05, 4.69) is 23.2 Å². The summed E-state index contributed by atoms with van der Waals surface area (Å²) in [6.07, 6.45) is 2.89. The molecule has 0 bridgehead atoms. The lowest BCUT2D eigenvalue weighted by Gasteiger charge is -2.46. The maximum absolute atomic E-state index is 16.4. The number of carbonyl (C=O) groups is 4. The van der Waals surface area contributed by atoms with Crippen molar-refractivity contribution < 1.29 is 48.3 Å². The average Bonchev–Trinajstić information content (AvgIpc) is 3.84. The van der Waals surface area contributed by atoms with Crippen LogP contribution in [-0.4, -0.2) is 85.1 Å². The third-order valence-electron chi connectivity index (χ3n) is 13.3. The normalized spacial score (nSPS) is 23.4. The first-order valence-corrected chi connectivity index (χ1v) is 23.0. The van der Waals surface area contributed by atoms with Gasteiger partial charge in [0.05, 0.1) is 43.0 Å². The number of hydrogen-bond donors (Lipinski definition) is 3. The molecule has 1 spiro atoms. The number of hydrogen-bond acceptors (Lipinski definition) is 11. The van der Waals surface area contributed by atoms with Gasteiger partial charge in [-0.2, -0.15) is 0 Å². The molecule has 0 radical (unpaired) electrons. The first-order valence-electron chi connectivity index (χ1n) is 23.0. The third kappa shape index (κ3) is 8.68. The number of carbonyl (C=O) groups excluding carboxylic acids is 4. The Balaban J connectivity index is 1.33. The van der Waals surface area contributed by atoms with Crippen molar-refractivity contribution in [2.24, 2.45) is 5.92 Å². The fourth-order valence-electron chi connectivity index (χ4n) is 10.4. The minimum Gasteiger partial charge on any atom is -0.491 e. The molecule has 5 aromatic rings. The standard InChI is InChI=1S/C55H53N3O10/c1-65-31-32-67-54(64)57-44-28-27-37(26-25-36-15-6-2-7-16-36)33-43(44)55(53(57)63)46(51(61)56-35-45(60)38-17-8-3-9-18-38)48-52(62)68-49(40-21-12-5-13-22-40)47(39-19-10-4-11-20-39)58(48)50(55)41-23-14-24-42(34-41)66-30-29-59/h3-5,8-15,17-24,27-28,33-34,45-50,59-60H,2,6-7,16,29-32,35H2,1H3,(H,56,61)/t45-,46-,47-,48-,49+,50+,55-/m0/s1. The van der Waals surface area contributed by atoms with Gasteiger partial charge >= 0.3 is 12.1 Å². The summed E-state index contributed by atoms with van der Waals surface area (Å²) >= 11 is 0. The van der Waals surface area contributed by atoms with Crippen LogP contribution in [0.1, 0.15) is 83.4 Å². The molecule has 4 aliphatic rings. The Bertz CT molecular complexity index is 2740. The molecule has 3 N–H and O–H groups in total. The van der Waals surface area contributed by atoms with Crippen molar-refractivity contribution in [1.82, 2.24) is 10.2 Å². The van der Waals surface area contributed by atoms with Gasteiger partial charge in [0.2, 0.25) is 11.8 Å². The molecular formula is C55H53N3O10. The molecule has 3 aliphatic heterocycles. The Morgan fingerprint density at radius 3 is 2.25 bits per heavy atom. The van der Waals surface area contributed by atoms with Crippen molar-refractivity contribution in [1.29, 1.82) is 0 Å². The molecule has 0 saturated carbocycles. The number of amides is 3. The lowest BCUT2D eigenvalue weighted by molar-refractivity contribution is -0.178. The second-order valence-electron chi connectivity index (χ2n) is 17.3. The largest absolute Gasteiger partial charge is 0.491 e. The summed E-state index contributed by atoms with van der Waals surface area (Å²) in [5, 5.41) is 24.2. The molecule has 0 aromatic heterocycles. The summed E-state index contributed by atoms with van der Waals surface area (Å²) < 4.78 is 23.5. The van der Waals surface area contributed by atoms with Crippen LogP contribution in [0.4, 0.5) is 10.5 Å². The zero-order chi connectivity index (χ0) is 47.2. The van der Waals surface area contributed by atoms with E-state index >= 15 is 14.4 Å². The summed E-state index contributed by atoms with van der Waals surface area (Å²) in [7, 11) is 1.46. The summed E-state index contributed by atoms with van der Waals surface area (Å²) in [5.74, 6) is 3.10. The van der Waals surface area contributed by atoms with Gasteiger partial charge in [-0.05, 0) is 89.4 Å². The number of benzene rings is 5. The van der Waals surface area contributed by atoms with Gasteiger partial charge in [-0.25, -0.2) is 9.69 Å². The predicted octanol–water partition coefficient (Wildman–Crippen LogP) is 7.21. The van der Waals surface area contributed by atoms with E-state index in [4.69, 9.17) is 18.9 Å². The Morgan fingerprint density at radius 1 is 0.824 bits per heavy atom. The lowest BCUT2D eigenvalue weighted by atomic mass is 9.65. The van der Waals surface area contributed by atoms with Gasteiger partial charge in [0.15, 0.2) is 0 Å². The van der Waals surface area contributed by atoms with Gasteiger partial charge in [0, 0.05) is 19.2 Å². The van der Waals surface area contributed by atoms with Crippen LogP contribution in [-0.2, 0) is 34.0 Å². The average molecular weight is 916 g/mol. The summed E-state index contributed by atoms with van der Waals surface area (Å²) in [6.45, 7) is -0.695. The number of allylic oxidation sites excluding steroid dienone is 2. The number of morpholine rings is 1. The topological polar surface area (TPSA) is 164 Å². The predicted molar refractivity (Wildman–Crippen MR) is 252 cm³/mol. The van der Waals surface area contributed by atoms with Crippen LogP contribution in [0.3, 0.4) is 0 Å².